The lowest BCUT2D eigenvalue weighted by Crippen LogP contribution is -1.88. The van der Waals surface area contributed by atoms with E-state index in [1.807, 2.05) is 18.2 Å². The van der Waals surface area contributed by atoms with Gasteiger partial charge < -0.3 is 4.98 Å². The predicted molar refractivity (Wildman–Crippen MR) is 107 cm³/mol. The maximum Gasteiger partial charge on any atom is 0.123 e. The van der Waals surface area contributed by atoms with Crippen LogP contribution in [0.3, 0.4) is 0 Å². The van der Waals surface area contributed by atoms with Gasteiger partial charge in [-0.3, -0.25) is 0 Å². The molecule has 0 unspecified atom stereocenters. The highest BCUT2D eigenvalue weighted by Crippen LogP contribution is 2.40. The van der Waals surface area contributed by atoms with Gasteiger partial charge in [-0.15, -0.1) is 0 Å². The van der Waals surface area contributed by atoms with Gasteiger partial charge in [0.15, 0.2) is 0 Å². The molecule has 0 saturated carbocycles. The number of benzene rings is 4. The second-order valence-corrected chi connectivity index (χ2v) is 6.60. The number of H-pyrrole nitrogens is 1. The zero-order valence-electron chi connectivity index (χ0n) is 14.3. The van der Waals surface area contributed by atoms with Gasteiger partial charge in [0.05, 0.1) is 5.52 Å². The summed E-state index contributed by atoms with van der Waals surface area (Å²) in [5.74, 6) is -0.542. The molecule has 0 aliphatic carbocycles. The smallest absolute Gasteiger partial charge is 0.123 e. The minimum absolute atomic E-state index is 0.270. The summed E-state index contributed by atoms with van der Waals surface area (Å²) in [4.78, 5) is 3.51. The van der Waals surface area contributed by atoms with Crippen molar-refractivity contribution in [2.45, 2.75) is 0 Å². The summed E-state index contributed by atoms with van der Waals surface area (Å²) in [6, 6.07) is 25.2. The molecular weight excluding hydrogens is 340 g/mol. The maximum absolute atomic E-state index is 13.5. The molecule has 1 heterocycles. The Bertz CT molecular complexity index is 1270. The van der Waals surface area contributed by atoms with E-state index in [4.69, 9.17) is 0 Å². The Balaban J connectivity index is 1.89. The van der Waals surface area contributed by atoms with Crippen LogP contribution in [-0.2, 0) is 0 Å². The minimum Gasteiger partial charge on any atom is -0.354 e. The van der Waals surface area contributed by atoms with Crippen LogP contribution in [0.4, 0.5) is 8.78 Å². The van der Waals surface area contributed by atoms with Crippen molar-refractivity contribution in [1.29, 1.82) is 0 Å². The predicted octanol–water partition coefficient (Wildman–Crippen LogP) is 6.93. The summed E-state index contributed by atoms with van der Waals surface area (Å²) in [6.45, 7) is 0. The van der Waals surface area contributed by atoms with Crippen molar-refractivity contribution in [3.05, 3.63) is 96.6 Å². The topological polar surface area (TPSA) is 15.8 Å². The Kier molecular flexibility index (Phi) is 3.54. The molecule has 0 amide bonds. The van der Waals surface area contributed by atoms with E-state index >= 15 is 0 Å². The Morgan fingerprint density at radius 3 is 1.89 bits per heavy atom. The van der Waals surface area contributed by atoms with Crippen molar-refractivity contribution in [2.24, 2.45) is 0 Å². The molecule has 0 bridgehead atoms. The van der Waals surface area contributed by atoms with Crippen LogP contribution >= 0.6 is 0 Å². The van der Waals surface area contributed by atoms with E-state index in [2.05, 4.69) is 23.2 Å². The van der Waals surface area contributed by atoms with Crippen LogP contribution < -0.4 is 0 Å². The van der Waals surface area contributed by atoms with Crippen molar-refractivity contribution in [2.75, 3.05) is 0 Å². The average molecular weight is 355 g/mol. The van der Waals surface area contributed by atoms with Gasteiger partial charge in [0.25, 0.3) is 0 Å². The first-order chi connectivity index (χ1) is 13.2. The summed E-state index contributed by atoms with van der Waals surface area (Å²) >= 11 is 0. The molecule has 3 heteroatoms. The Morgan fingerprint density at radius 1 is 0.556 bits per heavy atom. The molecule has 1 N–H and O–H groups in total. The van der Waals surface area contributed by atoms with Crippen molar-refractivity contribution in [3.63, 3.8) is 0 Å². The van der Waals surface area contributed by atoms with Crippen LogP contribution in [0.2, 0.25) is 0 Å². The van der Waals surface area contributed by atoms with Gasteiger partial charge in [-0.05, 0) is 47.0 Å². The number of fused-ring (bicyclic) bond motifs is 3. The first-order valence-electron chi connectivity index (χ1n) is 8.76. The number of aromatic amines is 1. The van der Waals surface area contributed by atoms with Gasteiger partial charge in [-0.25, -0.2) is 8.78 Å². The van der Waals surface area contributed by atoms with E-state index in [0.29, 0.717) is 0 Å². The summed E-state index contributed by atoms with van der Waals surface area (Å²) in [5, 5.41) is 2.25. The standard InChI is InChI=1S/C24H15F2N/c25-17-9-5-15(6-10-17)19-13-14-21-20-3-1-2-4-22(20)27-24(21)23(19)16-7-11-18(26)12-8-16/h1-14,27H. The molecule has 5 aromatic rings. The monoisotopic (exact) mass is 355 g/mol. The van der Waals surface area contributed by atoms with Crippen LogP contribution in [0, 0.1) is 11.6 Å². The third-order valence-corrected chi connectivity index (χ3v) is 4.97. The number of nitrogens with one attached hydrogen (secondary N) is 1. The van der Waals surface area contributed by atoms with E-state index < -0.39 is 0 Å². The number of rotatable bonds is 2. The number of aromatic nitrogens is 1. The van der Waals surface area contributed by atoms with Crippen LogP contribution in [0.1, 0.15) is 0 Å². The van der Waals surface area contributed by atoms with E-state index in [1.54, 1.807) is 24.3 Å². The molecule has 0 spiro atoms. The summed E-state index contributed by atoms with van der Waals surface area (Å²) < 4.78 is 26.9. The average Bonchev–Trinajstić information content (AvgIpc) is 3.07. The molecule has 27 heavy (non-hydrogen) atoms. The second-order valence-electron chi connectivity index (χ2n) is 6.60. The number of halogens is 2. The molecular formula is C24H15F2N. The molecule has 0 radical (unpaired) electrons. The van der Waals surface area contributed by atoms with E-state index in [1.165, 1.54) is 24.3 Å². The Morgan fingerprint density at radius 2 is 1.19 bits per heavy atom. The summed E-state index contributed by atoms with van der Waals surface area (Å²) in [6.07, 6.45) is 0. The van der Waals surface area contributed by atoms with Gasteiger partial charge >= 0.3 is 0 Å². The molecule has 5 rings (SSSR count). The molecule has 0 aliphatic heterocycles. The zero-order valence-corrected chi connectivity index (χ0v) is 14.3. The molecule has 130 valence electrons. The fourth-order valence-corrected chi connectivity index (χ4v) is 3.71. The summed E-state index contributed by atoms with van der Waals surface area (Å²) in [5.41, 5.74) is 5.82. The van der Waals surface area contributed by atoms with E-state index in [-0.39, 0.29) is 11.6 Å². The minimum atomic E-state index is -0.272. The zero-order chi connectivity index (χ0) is 18.4. The van der Waals surface area contributed by atoms with Crippen molar-refractivity contribution in [1.82, 2.24) is 4.98 Å². The van der Waals surface area contributed by atoms with Crippen LogP contribution in [-0.4, -0.2) is 4.98 Å². The van der Waals surface area contributed by atoms with Crippen molar-refractivity contribution < 1.29 is 8.78 Å². The quantitative estimate of drug-likeness (QED) is 0.353. The third-order valence-electron chi connectivity index (χ3n) is 4.97. The summed E-state index contributed by atoms with van der Waals surface area (Å²) in [7, 11) is 0. The van der Waals surface area contributed by atoms with E-state index in [9.17, 15) is 8.78 Å². The largest absolute Gasteiger partial charge is 0.354 e. The lowest BCUT2D eigenvalue weighted by Gasteiger charge is -2.12. The highest BCUT2D eigenvalue weighted by Gasteiger charge is 2.15. The highest BCUT2D eigenvalue weighted by atomic mass is 19.1. The Hall–Kier alpha value is -3.46. The fraction of sp³-hybridized carbons (Fsp3) is 0. The number of hydrogen-bond donors (Lipinski definition) is 1. The van der Waals surface area contributed by atoms with Crippen LogP contribution in [0.5, 0.6) is 0 Å². The van der Waals surface area contributed by atoms with Gasteiger partial charge in [0.1, 0.15) is 11.6 Å². The Labute approximate surface area is 154 Å². The van der Waals surface area contributed by atoms with Crippen molar-refractivity contribution in [3.8, 4) is 22.3 Å². The third kappa shape index (κ3) is 2.59. The second kappa shape index (κ2) is 6.06. The lowest BCUT2D eigenvalue weighted by molar-refractivity contribution is 0.627. The SMILES string of the molecule is Fc1ccc(-c2ccc3c([nH]c4ccccc43)c2-c2ccc(F)cc2)cc1. The molecule has 0 saturated heterocycles. The molecule has 1 aromatic heterocycles. The van der Waals surface area contributed by atoms with Gasteiger partial charge in [-0.2, -0.15) is 0 Å². The molecule has 0 atom stereocenters. The number of hydrogen-bond acceptors (Lipinski definition) is 0. The van der Waals surface area contributed by atoms with Crippen molar-refractivity contribution >= 4 is 21.8 Å². The van der Waals surface area contributed by atoms with Gasteiger partial charge in [0, 0.05) is 21.9 Å². The van der Waals surface area contributed by atoms with Crippen LogP contribution in [0.15, 0.2) is 84.9 Å². The first kappa shape index (κ1) is 15.8. The molecule has 1 nitrogen and oxygen atoms in total. The van der Waals surface area contributed by atoms with Gasteiger partial charge in [-0.1, -0.05) is 54.6 Å². The normalized spacial score (nSPS) is 11.3. The number of para-hydroxylation sites is 1. The first-order valence-corrected chi connectivity index (χ1v) is 8.76. The maximum atomic E-state index is 13.5. The highest BCUT2D eigenvalue weighted by molar-refractivity contribution is 6.14. The van der Waals surface area contributed by atoms with E-state index in [0.717, 1.165) is 44.1 Å². The lowest BCUT2D eigenvalue weighted by atomic mass is 9.92. The fourth-order valence-electron chi connectivity index (χ4n) is 3.71. The molecule has 0 aliphatic rings. The molecule has 0 fully saturated rings. The molecule has 4 aromatic carbocycles. The van der Waals surface area contributed by atoms with Crippen LogP contribution in [0.25, 0.3) is 44.1 Å². The van der Waals surface area contributed by atoms with Gasteiger partial charge in [0.2, 0.25) is 0 Å².